The Hall–Kier alpha value is -1.24. The van der Waals surface area contributed by atoms with E-state index >= 15 is 0 Å². The molecule has 4 unspecified atom stereocenters. The number of hydrogen-bond donors (Lipinski definition) is 4. The topological polar surface area (TPSA) is 241 Å². The van der Waals surface area contributed by atoms with Gasteiger partial charge in [-0.05, 0) is 0 Å². The molecule has 0 aromatic heterocycles. The first-order chi connectivity index (χ1) is 8.93. The fraction of sp³-hybridized carbons (Fsp3) is 0.500. The van der Waals surface area contributed by atoms with Gasteiger partial charge in [0.2, 0.25) is 0 Å². The van der Waals surface area contributed by atoms with Crippen LogP contribution in [0.1, 0.15) is 0 Å². The molecule has 0 aromatic carbocycles. The number of aliphatic carboxylic acids is 4. The summed E-state index contributed by atoms with van der Waals surface area (Å²) in [5.41, 5.74) is 0. The van der Waals surface area contributed by atoms with Crippen molar-refractivity contribution in [3.8, 4) is 0 Å². The molecule has 0 aliphatic rings. The van der Waals surface area contributed by atoms with Gasteiger partial charge in [0.15, 0.2) is 0 Å². The van der Waals surface area contributed by atoms with Gasteiger partial charge in [-0.3, -0.25) is 0 Å². The Morgan fingerprint density at radius 3 is 0.682 bits per heavy atom. The predicted octanol–water partition coefficient (Wildman–Crippen LogP) is -9.59. The summed E-state index contributed by atoms with van der Waals surface area (Å²) in [5.74, 6) is -8.23. The van der Waals surface area contributed by atoms with Gasteiger partial charge in [-0.1, -0.05) is 0 Å². The Morgan fingerprint density at radius 2 is 0.636 bits per heavy atom. The maximum Gasteiger partial charge on any atom is 2.00 e. The maximum atomic E-state index is 9.63. The number of aliphatic hydroxyl groups is 4. The van der Waals surface area contributed by atoms with E-state index in [-0.39, 0.29) is 34.1 Å². The van der Waals surface area contributed by atoms with Crippen molar-refractivity contribution in [2.75, 3.05) is 0 Å². The summed E-state index contributed by atoms with van der Waals surface area (Å²) in [7, 11) is 0. The van der Waals surface area contributed by atoms with Crippen molar-refractivity contribution in [2.45, 2.75) is 24.4 Å². The van der Waals surface area contributed by atoms with Gasteiger partial charge in [-0.2, -0.15) is 0 Å². The number of aliphatic hydroxyl groups excluding tert-OH is 4. The summed E-state index contributed by atoms with van der Waals surface area (Å²) < 4.78 is 0. The zero-order valence-corrected chi connectivity index (χ0v) is 12.4. The van der Waals surface area contributed by atoms with E-state index in [1.54, 1.807) is 0 Å². The minimum atomic E-state index is -2.44. The zero-order chi connectivity index (χ0) is 16.6. The number of carboxylic acid groups (broad SMARTS) is 4. The molecule has 0 rings (SSSR count). The van der Waals surface area contributed by atoms with Crippen LogP contribution >= 0.6 is 0 Å². The summed E-state index contributed by atoms with van der Waals surface area (Å²) in [5, 5.41) is 71.5. The average molecular weight is 407 g/mol. The Bertz CT molecular complexity index is 315. The van der Waals surface area contributed by atoms with Crippen molar-refractivity contribution in [1.82, 2.24) is 0 Å². The first-order valence-corrected chi connectivity index (χ1v) is 4.49. The normalized spacial score (nSPS) is 14.4. The second kappa shape index (κ2) is 13.4. The van der Waals surface area contributed by atoms with E-state index in [4.69, 9.17) is 20.4 Å². The predicted molar refractivity (Wildman–Crippen MR) is 44.1 cm³/mol. The third-order valence-electron chi connectivity index (χ3n) is 1.56. The number of carbonyl (C=O) groups excluding carboxylic acids is 4. The Balaban J connectivity index is -0.000000135. The molecule has 127 valence electrons. The number of carbonyl (C=O) groups is 4. The summed E-state index contributed by atoms with van der Waals surface area (Å²) in [4.78, 5) is 38.5. The van der Waals surface area contributed by atoms with Gasteiger partial charge < -0.3 is 60.0 Å². The second-order valence-electron chi connectivity index (χ2n) is 3.06. The summed E-state index contributed by atoms with van der Waals surface area (Å²) in [6.07, 6.45) is -9.76. The number of carboxylic acids is 4. The van der Waals surface area contributed by atoms with Crippen LogP contribution in [-0.4, -0.2) is 68.7 Å². The monoisotopic (exact) mass is 407 g/mol. The molecule has 0 spiro atoms. The van der Waals surface area contributed by atoms with Crippen molar-refractivity contribution >= 4 is 23.9 Å². The molecule has 4 atom stereocenters. The van der Waals surface area contributed by atoms with Crippen LogP contribution in [0.4, 0.5) is 0 Å². The molecule has 4 N–H and O–H groups in total. The fourth-order valence-corrected chi connectivity index (χ4v) is 0.516. The molecule has 0 bridgehead atoms. The van der Waals surface area contributed by atoms with Crippen LogP contribution in [0, 0.1) is 0 Å². The van der Waals surface area contributed by atoms with E-state index in [1.165, 1.54) is 0 Å². The van der Waals surface area contributed by atoms with Crippen molar-refractivity contribution in [2.24, 2.45) is 0 Å². The smallest absolute Gasteiger partial charge is 0.547 e. The molecule has 0 fully saturated rings. The van der Waals surface area contributed by atoms with Crippen LogP contribution in [0.3, 0.4) is 0 Å². The Labute approximate surface area is 142 Å². The largest absolute Gasteiger partial charge is 2.00 e. The van der Waals surface area contributed by atoms with E-state index in [9.17, 15) is 39.6 Å². The zero-order valence-electron chi connectivity index (χ0n) is 10.1. The van der Waals surface area contributed by atoms with Gasteiger partial charge >= 0.3 is 34.1 Å². The molecule has 0 heterocycles. The Morgan fingerprint density at radius 1 is 0.545 bits per heavy atom. The summed E-state index contributed by atoms with van der Waals surface area (Å²) >= 11 is 0. The van der Waals surface area contributed by atoms with E-state index in [2.05, 4.69) is 0 Å². The molecule has 0 aliphatic heterocycles. The van der Waals surface area contributed by atoms with Gasteiger partial charge in [0.05, 0.1) is 23.9 Å². The molecule has 0 aromatic rings. The van der Waals surface area contributed by atoms with Crippen LogP contribution < -0.4 is 20.4 Å². The van der Waals surface area contributed by atoms with Crippen molar-refractivity contribution in [3.05, 3.63) is 0 Å². The quantitative estimate of drug-likeness (QED) is 0.300. The van der Waals surface area contributed by atoms with Gasteiger partial charge in [-0.25, -0.2) is 0 Å². The molecule has 14 heteroatoms. The minimum absolute atomic E-state index is 0. The van der Waals surface area contributed by atoms with E-state index in [1.807, 2.05) is 0 Å². The van der Waals surface area contributed by atoms with Crippen molar-refractivity contribution in [3.63, 3.8) is 0 Å². The summed E-state index contributed by atoms with van der Waals surface area (Å²) in [6, 6.07) is 0. The second-order valence-corrected chi connectivity index (χ2v) is 3.06. The van der Waals surface area contributed by atoms with Crippen LogP contribution in [0.2, 0.25) is 0 Å². The maximum absolute atomic E-state index is 9.63. The fourth-order valence-electron chi connectivity index (χ4n) is 0.516. The molecular formula is C8H8FeMnO12. The molecule has 0 amide bonds. The van der Waals surface area contributed by atoms with Crippen LogP contribution in [0.25, 0.3) is 0 Å². The minimum Gasteiger partial charge on any atom is -0.547 e. The summed E-state index contributed by atoms with van der Waals surface area (Å²) in [6.45, 7) is 0. The number of rotatable bonds is 6. The van der Waals surface area contributed by atoms with Crippen LogP contribution in [-0.2, 0) is 53.3 Å². The van der Waals surface area contributed by atoms with Crippen molar-refractivity contribution in [1.29, 1.82) is 0 Å². The molecule has 0 saturated carbocycles. The molecule has 0 saturated heterocycles. The Kier molecular flexibility index (Phi) is 17.6. The van der Waals surface area contributed by atoms with E-state index < -0.39 is 48.3 Å². The van der Waals surface area contributed by atoms with Crippen LogP contribution in [0.15, 0.2) is 0 Å². The molecular weight excluding hydrogens is 399 g/mol. The third-order valence-corrected chi connectivity index (χ3v) is 1.56. The van der Waals surface area contributed by atoms with E-state index in [0.29, 0.717) is 0 Å². The van der Waals surface area contributed by atoms with Gasteiger partial charge in [0.1, 0.15) is 24.4 Å². The first-order valence-electron chi connectivity index (χ1n) is 4.49. The van der Waals surface area contributed by atoms with Gasteiger partial charge in [-0.15, -0.1) is 0 Å². The van der Waals surface area contributed by atoms with Gasteiger partial charge in [0.25, 0.3) is 0 Å². The molecule has 22 heavy (non-hydrogen) atoms. The first kappa shape index (κ1) is 28.9. The van der Waals surface area contributed by atoms with Gasteiger partial charge in [0, 0.05) is 0 Å². The van der Waals surface area contributed by atoms with Crippen LogP contribution in [0.5, 0.6) is 0 Å². The number of hydrogen-bond acceptors (Lipinski definition) is 12. The molecule has 12 nitrogen and oxygen atoms in total. The molecule has 1 radical (unpaired) electrons. The third kappa shape index (κ3) is 11.4. The molecule has 0 aliphatic carbocycles. The standard InChI is InChI=1S/2C4H6O6.Fe.Mn/c2*5-1(3(7)8)2(6)4(9)10;;/h2*1-2,5-6H,(H,7,8)(H,9,10);;/q;;2*+2/p-4. The SMILES string of the molecule is O=C([O-])C(O)C(O)C(=O)[O-].O=C([O-])C(O)C(O)C(=O)[O-].[Fe+2].[Mn+2]. The average Bonchev–Trinajstić information content (AvgIpc) is 2.35. The van der Waals surface area contributed by atoms with E-state index in [0.717, 1.165) is 0 Å². The van der Waals surface area contributed by atoms with Crippen molar-refractivity contribution < 1.29 is 94.2 Å².